The highest BCUT2D eigenvalue weighted by molar-refractivity contribution is 5.86. The van der Waals surface area contributed by atoms with Crippen LogP contribution >= 0.6 is 0 Å². The fraction of sp³-hybridized carbons (Fsp3) is 0.682. The zero-order chi connectivity index (χ0) is 21.0. The van der Waals surface area contributed by atoms with Crippen molar-refractivity contribution >= 4 is 23.5 Å². The van der Waals surface area contributed by atoms with Gasteiger partial charge in [-0.3, -0.25) is 10.1 Å². The van der Waals surface area contributed by atoms with Gasteiger partial charge in [-0.25, -0.2) is 9.78 Å². The summed E-state index contributed by atoms with van der Waals surface area (Å²) in [7, 11) is 0. The molecular weight excluding hydrogens is 384 g/mol. The van der Waals surface area contributed by atoms with Gasteiger partial charge in [0.2, 0.25) is 5.91 Å². The van der Waals surface area contributed by atoms with Crippen LogP contribution < -0.4 is 10.2 Å². The van der Waals surface area contributed by atoms with Crippen LogP contribution in [0.2, 0.25) is 0 Å². The minimum atomic E-state index is -0.465. The van der Waals surface area contributed by atoms with Crippen molar-refractivity contribution in [3.05, 3.63) is 18.3 Å². The second-order valence-electron chi connectivity index (χ2n) is 8.56. The molecule has 0 radical (unpaired) electrons. The normalized spacial score (nSPS) is 25.0. The first-order chi connectivity index (χ1) is 14.6. The molecule has 3 saturated heterocycles. The van der Waals surface area contributed by atoms with Gasteiger partial charge in [-0.1, -0.05) is 6.92 Å². The second-order valence-corrected chi connectivity index (χ2v) is 8.56. The number of anilines is 2. The molecule has 3 fully saturated rings. The van der Waals surface area contributed by atoms with Crippen LogP contribution in [0.4, 0.5) is 16.3 Å². The van der Waals surface area contributed by atoms with Gasteiger partial charge < -0.3 is 19.3 Å². The van der Waals surface area contributed by atoms with Crippen LogP contribution in [0.25, 0.3) is 0 Å². The fourth-order valence-electron chi connectivity index (χ4n) is 4.89. The van der Waals surface area contributed by atoms with Gasteiger partial charge in [-0.2, -0.15) is 0 Å². The summed E-state index contributed by atoms with van der Waals surface area (Å²) in [4.78, 5) is 34.0. The molecule has 4 heterocycles. The number of nitrogens with zero attached hydrogens (tertiary/aromatic N) is 3. The Bertz CT molecular complexity index is 750. The van der Waals surface area contributed by atoms with Gasteiger partial charge in [-0.15, -0.1) is 0 Å². The maximum absolute atomic E-state index is 13.4. The number of nitrogens with one attached hydrogen (secondary N) is 1. The highest BCUT2D eigenvalue weighted by atomic mass is 16.5. The molecule has 1 aromatic rings. The molecule has 0 aliphatic carbocycles. The summed E-state index contributed by atoms with van der Waals surface area (Å²) in [6.07, 6.45) is 6.71. The van der Waals surface area contributed by atoms with E-state index >= 15 is 0 Å². The van der Waals surface area contributed by atoms with Gasteiger partial charge in [0.05, 0.1) is 23.9 Å². The number of hydrogen-bond donors (Lipinski definition) is 1. The van der Waals surface area contributed by atoms with Crippen molar-refractivity contribution in [2.24, 2.45) is 5.41 Å². The van der Waals surface area contributed by atoms with Crippen molar-refractivity contribution in [2.75, 3.05) is 49.7 Å². The van der Waals surface area contributed by atoms with Gasteiger partial charge >= 0.3 is 6.09 Å². The number of likely N-dealkylation sites (tertiary alicyclic amines) is 1. The Morgan fingerprint density at radius 2 is 2.13 bits per heavy atom. The van der Waals surface area contributed by atoms with Gasteiger partial charge in [0.1, 0.15) is 5.82 Å². The number of rotatable bonds is 5. The molecule has 1 spiro atoms. The van der Waals surface area contributed by atoms with Crippen LogP contribution in [-0.4, -0.2) is 67.4 Å². The highest BCUT2D eigenvalue weighted by Gasteiger charge is 2.50. The lowest BCUT2D eigenvalue weighted by atomic mass is 9.78. The van der Waals surface area contributed by atoms with E-state index in [9.17, 15) is 9.59 Å². The summed E-state index contributed by atoms with van der Waals surface area (Å²) >= 11 is 0. The van der Waals surface area contributed by atoms with Gasteiger partial charge in [0.25, 0.3) is 0 Å². The number of ether oxygens (including phenoxy) is 2. The van der Waals surface area contributed by atoms with Crippen LogP contribution in [0.15, 0.2) is 18.3 Å². The Balaban J connectivity index is 1.39. The van der Waals surface area contributed by atoms with Crippen LogP contribution in [0, 0.1) is 5.41 Å². The van der Waals surface area contributed by atoms with Crippen molar-refractivity contribution < 1.29 is 19.1 Å². The molecule has 3 aliphatic rings. The van der Waals surface area contributed by atoms with Crippen LogP contribution in [-0.2, 0) is 14.3 Å². The second kappa shape index (κ2) is 9.20. The lowest BCUT2D eigenvalue weighted by Crippen LogP contribution is -2.50. The van der Waals surface area contributed by atoms with Crippen LogP contribution in [0.5, 0.6) is 0 Å². The predicted molar refractivity (Wildman–Crippen MR) is 114 cm³/mol. The Labute approximate surface area is 177 Å². The van der Waals surface area contributed by atoms with E-state index in [1.807, 2.05) is 19.1 Å². The number of carbonyl (C=O) groups excluding carboxylic acids is 2. The van der Waals surface area contributed by atoms with Crippen molar-refractivity contribution in [3.8, 4) is 0 Å². The van der Waals surface area contributed by atoms with Crippen LogP contribution in [0.1, 0.15) is 45.4 Å². The molecule has 1 N–H and O–H groups in total. The molecule has 8 heteroatoms. The van der Waals surface area contributed by atoms with Gasteiger partial charge in [-0.05, 0) is 50.7 Å². The van der Waals surface area contributed by atoms with Crippen molar-refractivity contribution in [3.63, 3.8) is 0 Å². The highest BCUT2D eigenvalue weighted by Crippen LogP contribution is 2.42. The fourth-order valence-corrected chi connectivity index (χ4v) is 4.89. The number of amides is 2. The first kappa shape index (κ1) is 20.9. The molecule has 0 aromatic carbocycles. The zero-order valence-electron chi connectivity index (χ0n) is 17.8. The standard InChI is InChI=1S/C22H32N4O4/c1-2-12-30-21(28)24-17-4-5-19(23-15-17)25-10-3-8-22(16-25)9-11-26(20(22)27)18-6-13-29-14-7-18/h4-5,15,18H,2-3,6-14,16H2,1H3,(H,24,28). The molecule has 0 bridgehead atoms. The van der Waals surface area contributed by atoms with Crippen molar-refractivity contribution in [2.45, 2.75) is 51.5 Å². The smallest absolute Gasteiger partial charge is 0.411 e. The Kier molecular flexibility index (Phi) is 6.41. The molecule has 164 valence electrons. The molecule has 3 aliphatic heterocycles. The largest absolute Gasteiger partial charge is 0.449 e. The average Bonchev–Trinajstić information content (AvgIpc) is 3.09. The molecule has 1 unspecified atom stereocenters. The van der Waals surface area contributed by atoms with E-state index in [4.69, 9.17) is 9.47 Å². The summed E-state index contributed by atoms with van der Waals surface area (Å²) in [6.45, 7) is 6.31. The lowest BCUT2D eigenvalue weighted by molar-refractivity contribution is -0.139. The number of pyridine rings is 1. The van der Waals surface area contributed by atoms with Crippen LogP contribution in [0.3, 0.4) is 0 Å². The molecule has 2 amide bonds. The molecule has 1 atom stereocenters. The monoisotopic (exact) mass is 416 g/mol. The van der Waals surface area contributed by atoms with E-state index in [-0.39, 0.29) is 5.41 Å². The van der Waals surface area contributed by atoms with E-state index in [1.54, 1.807) is 6.20 Å². The van der Waals surface area contributed by atoms with E-state index in [0.29, 0.717) is 30.8 Å². The SMILES string of the molecule is CCCOC(=O)Nc1ccc(N2CCCC3(CCN(C4CCOCC4)C3=O)C2)nc1. The van der Waals surface area contributed by atoms with Crippen molar-refractivity contribution in [1.29, 1.82) is 0 Å². The van der Waals surface area contributed by atoms with E-state index < -0.39 is 6.09 Å². The number of carbonyl (C=O) groups is 2. The van der Waals surface area contributed by atoms with Crippen molar-refractivity contribution in [1.82, 2.24) is 9.88 Å². The molecule has 30 heavy (non-hydrogen) atoms. The minimum absolute atomic E-state index is 0.293. The average molecular weight is 417 g/mol. The molecular formula is C22H32N4O4. The maximum Gasteiger partial charge on any atom is 0.411 e. The summed E-state index contributed by atoms with van der Waals surface area (Å²) in [5.74, 6) is 1.16. The predicted octanol–water partition coefficient (Wildman–Crippen LogP) is 3.04. The lowest BCUT2D eigenvalue weighted by Gasteiger charge is -2.40. The first-order valence-corrected chi connectivity index (χ1v) is 11.1. The Hall–Kier alpha value is -2.35. The third-order valence-electron chi connectivity index (χ3n) is 6.51. The zero-order valence-corrected chi connectivity index (χ0v) is 17.8. The van der Waals surface area contributed by atoms with Gasteiger partial charge in [0, 0.05) is 38.9 Å². The third-order valence-corrected chi connectivity index (χ3v) is 6.51. The third kappa shape index (κ3) is 4.38. The maximum atomic E-state index is 13.4. The number of hydrogen-bond acceptors (Lipinski definition) is 6. The summed E-state index contributed by atoms with van der Waals surface area (Å²) in [5, 5.41) is 2.69. The summed E-state index contributed by atoms with van der Waals surface area (Å²) in [5.41, 5.74) is 0.313. The number of aromatic nitrogens is 1. The topological polar surface area (TPSA) is 84.0 Å². The molecule has 1 aromatic heterocycles. The van der Waals surface area contributed by atoms with E-state index in [1.165, 1.54) is 0 Å². The molecule has 0 saturated carbocycles. The van der Waals surface area contributed by atoms with E-state index in [0.717, 1.165) is 70.6 Å². The Morgan fingerprint density at radius 3 is 2.87 bits per heavy atom. The Morgan fingerprint density at radius 1 is 1.30 bits per heavy atom. The molecule has 4 rings (SSSR count). The first-order valence-electron chi connectivity index (χ1n) is 11.1. The quantitative estimate of drug-likeness (QED) is 0.794. The number of piperidine rings is 1. The summed E-state index contributed by atoms with van der Waals surface area (Å²) < 4.78 is 10.5. The van der Waals surface area contributed by atoms with Gasteiger partial charge in [0.15, 0.2) is 0 Å². The van der Waals surface area contributed by atoms with E-state index in [2.05, 4.69) is 20.1 Å². The summed E-state index contributed by atoms with van der Waals surface area (Å²) in [6, 6.07) is 4.07. The minimum Gasteiger partial charge on any atom is -0.449 e. The molecule has 8 nitrogen and oxygen atoms in total.